The van der Waals surface area contributed by atoms with Crippen LogP contribution in [0, 0.1) is 0 Å². The molecule has 0 unspecified atom stereocenters. The Morgan fingerprint density at radius 3 is 2.48 bits per heavy atom. The third-order valence-electron chi connectivity index (χ3n) is 6.18. The molecule has 0 radical (unpaired) electrons. The first-order chi connectivity index (χ1) is 14.0. The Hall–Kier alpha value is -3.28. The molecule has 2 atom stereocenters. The second kappa shape index (κ2) is 6.37. The maximum Gasteiger partial charge on any atom is 0.245 e. The molecule has 3 aromatic rings. The van der Waals surface area contributed by atoms with Crippen molar-refractivity contribution in [2.45, 2.75) is 18.5 Å². The average molecular weight is 388 g/mol. The zero-order valence-electron chi connectivity index (χ0n) is 16.8. The van der Waals surface area contributed by atoms with Gasteiger partial charge < -0.3 is 19.7 Å². The summed E-state index contributed by atoms with van der Waals surface area (Å²) in [6.07, 6.45) is 0.542. The Balaban J connectivity index is 1.72. The lowest BCUT2D eigenvalue weighted by Crippen LogP contribution is -2.62. The highest BCUT2D eigenvalue weighted by molar-refractivity contribution is 5.97. The molecule has 0 bridgehead atoms. The molecule has 0 saturated carbocycles. The molecule has 2 aliphatic rings. The predicted molar refractivity (Wildman–Crippen MR) is 113 cm³/mol. The van der Waals surface area contributed by atoms with E-state index in [4.69, 9.17) is 0 Å². The van der Waals surface area contributed by atoms with Gasteiger partial charge in [-0.3, -0.25) is 9.59 Å². The van der Waals surface area contributed by atoms with Crippen molar-refractivity contribution in [3.63, 3.8) is 0 Å². The zero-order chi connectivity index (χ0) is 20.3. The predicted octanol–water partition coefficient (Wildman–Crippen LogP) is 2.55. The lowest BCUT2D eigenvalue weighted by Gasteiger charge is -2.46. The quantitative estimate of drug-likeness (QED) is 0.734. The third-order valence-corrected chi connectivity index (χ3v) is 6.18. The minimum absolute atomic E-state index is 0.00967. The molecule has 148 valence electrons. The largest absolute Gasteiger partial charge is 0.378 e. The van der Waals surface area contributed by atoms with Crippen LogP contribution in [0.4, 0.5) is 5.69 Å². The van der Waals surface area contributed by atoms with Crippen LogP contribution in [0.15, 0.2) is 48.5 Å². The number of rotatable bonds is 2. The van der Waals surface area contributed by atoms with Crippen molar-refractivity contribution in [2.75, 3.05) is 32.6 Å². The minimum Gasteiger partial charge on any atom is -0.378 e. The third kappa shape index (κ3) is 2.63. The molecular formula is C23H24N4O2. The van der Waals surface area contributed by atoms with Gasteiger partial charge in [-0.05, 0) is 29.3 Å². The second-order valence-electron chi connectivity index (χ2n) is 8.17. The molecule has 3 heterocycles. The monoisotopic (exact) mass is 388 g/mol. The number of hydrogen-bond acceptors (Lipinski definition) is 3. The van der Waals surface area contributed by atoms with Gasteiger partial charge in [0.05, 0.1) is 12.6 Å². The fourth-order valence-electron chi connectivity index (χ4n) is 4.71. The molecule has 2 aromatic carbocycles. The molecule has 0 spiro atoms. The van der Waals surface area contributed by atoms with E-state index in [1.807, 2.05) is 31.1 Å². The van der Waals surface area contributed by atoms with Crippen molar-refractivity contribution in [1.82, 2.24) is 14.8 Å². The van der Waals surface area contributed by atoms with Crippen LogP contribution in [-0.2, 0) is 16.0 Å². The topological polar surface area (TPSA) is 59.7 Å². The highest BCUT2D eigenvalue weighted by Gasteiger charge is 2.47. The van der Waals surface area contributed by atoms with E-state index < -0.39 is 6.04 Å². The Kier molecular flexibility index (Phi) is 3.91. The van der Waals surface area contributed by atoms with Crippen molar-refractivity contribution in [1.29, 1.82) is 0 Å². The molecule has 29 heavy (non-hydrogen) atoms. The number of carbonyl (C=O) groups excluding carboxylic acids is 2. The molecule has 6 heteroatoms. The maximum atomic E-state index is 13.1. The van der Waals surface area contributed by atoms with E-state index >= 15 is 0 Å². The molecule has 2 amide bonds. The lowest BCUT2D eigenvalue weighted by atomic mass is 9.86. The number of H-pyrrole nitrogens is 1. The van der Waals surface area contributed by atoms with Crippen molar-refractivity contribution in [3.05, 3.63) is 65.4 Å². The van der Waals surface area contributed by atoms with E-state index in [2.05, 4.69) is 41.4 Å². The molecule has 1 aromatic heterocycles. The minimum atomic E-state index is -0.466. The standard InChI is InChI=1S/C23H24N4O2/c1-25(2)15-10-8-14(9-11-15)22-21-17(16-6-4-5-7-18(16)24-21)12-19-23(29)26(3)13-20(28)27(19)22/h4-11,19,22,24H,12-13H2,1-3H3/t19-,22+/m1/s1. The number of anilines is 1. The fraction of sp³-hybridized carbons (Fsp3) is 0.304. The number of para-hydroxylation sites is 1. The number of piperazine rings is 1. The Morgan fingerprint density at radius 2 is 1.76 bits per heavy atom. The summed E-state index contributed by atoms with van der Waals surface area (Å²) in [6, 6.07) is 15.6. The number of aromatic nitrogens is 1. The summed E-state index contributed by atoms with van der Waals surface area (Å²) < 4.78 is 0. The first-order valence-corrected chi connectivity index (χ1v) is 9.88. The Labute approximate surface area is 169 Å². The van der Waals surface area contributed by atoms with Gasteiger partial charge in [0.25, 0.3) is 0 Å². The van der Waals surface area contributed by atoms with Gasteiger partial charge in [0.2, 0.25) is 11.8 Å². The molecule has 2 aliphatic heterocycles. The number of carbonyl (C=O) groups is 2. The van der Waals surface area contributed by atoms with E-state index in [9.17, 15) is 9.59 Å². The van der Waals surface area contributed by atoms with Gasteiger partial charge in [0.15, 0.2) is 0 Å². The van der Waals surface area contributed by atoms with Crippen molar-refractivity contribution in [3.8, 4) is 0 Å². The van der Waals surface area contributed by atoms with E-state index in [1.54, 1.807) is 16.8 Å². The van der Waals surface area contributed by atoms with Crippen molar-refractivity contribution >= 4 is 28.4 Å². The van der Waals surface area contributed by atoms with Crippen LogP contribution < -0.4 is 4.90 Å². The van der Waals surface area contributed by atoms with Crippen LogP contribution in [0.2, 0.25) is 0 Å². The van der Waals surface area contributed by atoms with E-state index in [0.29, 0.717) is 6.42 Å². The molecule has 1 saturated heterocycles. The van der Waals surface area contributed by atoms with Gasteiger partial charge in [-0.2, -0.15) is 0 Å². The number of benzene rings is 2. The van der Waals surface area contributed by atoms with Gasteiger partial charge in [0, 0.05) is 49.8 Å². The fourth-order valence-corrected chi connectivity index (χ4v) is 4.71. The normalized spacial score (nSPS) is 21.3. The van der Waals surface area contributed by atoms with Gasteiger partial charge in [-0.1, -0.05) is 30.3 Å². The first-order valence-electron chi connectivity index (χ1n) is 9.88. The highest BCUT2D eigenvalue weighted by atomic mass is 16.2. The summed E-state index contributed by atoms with van der Waals surface area (Å²) in [4.78, 5) is 35.0. The maximum absolute atomic E-state index is 13.1. The summed E-state index contributed by atoms with van der Waals surface area (Å²) >= 11 is 0. The smallest absolute Gasteiger partial charge is 0.245 e. The lowest BCUT2D eigenvalue weighted by molar-refractivity contribution is -0.157. The summed E-state index contributed by atoms with van der Waals surface area (Å²) in [6.45, 7) is 0.122. The van der Waals surface area contributed by atoms with Crippen molar-refractivity contribution in [2.24, 2.45) is 0 Å². The van der Waals surface area contributed by atoms with Gasteiger partial charge >= 0.3 is 0 Å². The number of nitrogens with one attached hydrogen (secondary N) is 1. The molecule has 5 rings (SSSR count). The van der Waals surface area contributed by atoms with E-state index in [-0.39, 0.29) is 24.4 Å². The average Bonchev–Trinajstić information content (AvgIpc) is 3.09. The molecular weight excluding hydrogens is 364 g/mol. The van der Waals surface area contributed by atoms with Crippen LogP contribution in [0.1, 0.15) is 22.9 Å². The Bertz CT molecular complexity index is 1120. The van der Waals surface area contributed by atoms with Crippen LogP contribution in [-0.4, -0.2) is 60.3 Å². The summed E-state index contributed by atoms with van der Waals surface area (Å²) in [5.41, 5.74) is 5.31. The van der Waals surface area contributed by atoms with Gasteiger partial charge in [-0.15, -0.1) is 0 Å². The first kappa shape index (κ1) is 17.8. The number of likely N-dealkylation sites (N-methyl/N-ethyl adjacent to an activating group) is 1. The Morgan fingerprint density at radius 1 is 1.03 bits per heavy atom. The number of fused-ring (bicyclic) bond motifs is 4. The van der Waals surface area contributed by atoms with Crippen LogP contribution in [0.3, 0.4) is 0 Å². The summed E-state index contributed by atoms with van der Waals surface area (Å²) in [7, 11) is 5.72. The number of nitrogens with zero attached hydrogens (tertiary/aromatic N) is 3. The number of hydrogen-bond donors (Lipinski definition) is 1. The van der Waals surface area contributed by atoms with E-state index in [0.717, 1.165) is 33.4 Å². The second-order valence-corrected chi connectivity index (χ2v) is 8.17. The molecule has 1 N–H and O–H groups in total. The van der Waals surface area contributed by atoms with Crippen molar-refractivity contribution < 1.29 is 9.59 Å². The number of aromatic amines is 1. The molecule has 1 fully saturated rings. The van der Waals surface area contributed by atoms with Crippen LogP contribution in [0.5, 0.6) is 0 Å². The van der Waals surface area contributed by atoms with Crippen LogP contribution >= 0.6 is 0 Å². The SMILES string of the molecule is CN1CC(=O)N2[C@@H](c3ccc(N(C)C)cc3)c3[nH]c4ccccc4c3C[C@@H]2C1=O. The van der Waals surface area contributed by atoms with Gasteiger partial charge in [0.1, 0.15) is 6.04 Å². The molecule has 0 aliphatic carbocycles. The molecule has 6 nitrogen and oxygen atoms in total. The van der Waals surface area contributed by atoms with Gasteiger partial charge in [-0.25, -0.2) is 0 Å². The zero-order valence-corrected chi connectivity index (χ0v) is 16.8. The number of amides is 2. The highest BCUT2D eigenvalue weighted by Crippen LogP contribution is 2.42. The summed E-state index contributed by atoms with van der Waals surface area (Å²) in [5.74, 6) is -0.00136. The summed E-state index contributed by atoms with van der Waals surface area (Å²) in [5, 5.41) is 1.13. The van der Waals surface area contributed by atoms with E-state index in [1.165, 1.54) is 0 Å². The van der Waals surface area contributed by atoms with Crippen LogP contribution in [0.25, 0.3) is 10.9 Å².